The van der Waals surface area contributed by atoms with Gasteiger partial charge in [0.1, 0.15) is 0 Å². The molecule has 1 aliphatic rings. The molecule has 0 aliphatic carbocycles. The van der Waals surface area contributed by atoms with Crippen LogP contribution in [-0.4, -0.2) is 52.0 Å². The highest BCUT2D eigenvalue weighted by atomic mass is 16.2. The Morgan fingerprint density at radius 1 is 1.31 bits per heavy atom. The van der Waals surface area contributed by atoms with Crippen LogP contribution in [0, 0.1) is 6.92 Å². The maximum atomic E-state index is 12.8. The van der Waals surface area contributed by atoms with Gasteiger partial charge < -0.3 is 15.2 Å². The summed E-state index contributed by atoms with van der Waals surface area (Å²) in [5.74, 6) is 0. The number of benzene rings is 1. The van der Waals surface area contributed by atoms with Gasteiger partial charge in [0, 0.05) is 55.2 Å². The van der Waals surface area contributed by atoms with E-state index in [9.17, 15) is 4.79 Å². The molecule has 6 nitrogen and oxygen atoms in total. The highest BCUT2D eigenvalue weighted by Gasteiger charge is 2.23. The van der Waals surface area contributed by atoms with Gasteiger partial charge in [0.15, 0.2) is 0 Å². The summed E-state index contributed by atoms with van der Waals surface area (Å²) in [6.45, 7) is 5.49. The van der Waals surface area contributed by atoms with E-state index in [0.717, 1.165) is 43.7 Å². The van der Waals surface area contributed by atoms with Crippen molar-refractivity contribution in [3.63, 3.8) is 0 Å². The molecule has 1 saturated heterocycles. The van der Waals surface area contributed by atoms with Crippen LogP contribution >= 0.6 is 0 Å². The third-order valence-corrected chi connectivity index (χ3v) is 5.77. The molecule has 4 rings (SSSR count). The number of likely N-dealkylation sites (tertiary alicyclic amines) is 1. The molecule has 1 atom stereocenters. The van der Waals surface area contributed by atoms with Crippen LogP contribution in [-0.2, 0) is 13.1 Å². The first-order valence-corrected chi connectivity index (χ1v) is 10.3. The van der Waals surface area contributed by atoms with Crippen LogP contribution in [0.5, 0.6) is 0 Å². The monoisotopic (exact) mass is 391 g/mol. The molecule has 0 saturated carbocycles. The second kappa shape index (κ2) is 8.66. The van der Waals surface area contributed by atoms with Gasteiger partial charge in [-0.3, -0.25) is 9.88 Å². The van der Waals surface area contributed by atoms with Crippen molar-refractivity contribution in [3.05, 3.63) is 65.6 Å². The summed E-state index contributed by atoms with van der Waals surface area (Å²) in [6, 6.07) is 12.5. The second-order valence-electron chi connectivity index (χ2n) is 8.02. The minimum Gasteiger partial charge on any atom is -0.357 e. The number of rotatable bonds is 5. The summed E-state index contributed by atoms with van der Waals surface area (Å²) < 4.78 is 0. The van der Waals surface area contributed by atoms with Crippen LogP contribution in [0.15, 0.2) is 48.8 Å². The van der Waals surface area contributed by atoms with Gasteiger partial charge in [-0.15, -0.1) is 0 Å². The number of piperidine rings is 1. The zero-order valence-electron chi connectivity index (χ0n) is 17.2. The largest absolute Gasteiger partial charge is 0.357 e. The normalized spacial score (nSPS) is 17.4. The average Bonchev–Trinajstić information content (AvgIpc) is 3.04. The van der Waals surface area contributed by atoms with Crippen LogP contribution in [0.3, 0.4) is 0 Å². The molecule has 3 aromatic rings. The molecule has 0 spiro atoms. The van der Waals surface area contributed by atoms with Gasteiger partial charge in [0.2, 0.25) is 0 Å². The number of amides is 2. The third kappa shape index (κ3) is 4.59. The summed E-state index contributed by atoms with van der Waals surface area (Å²) in [6.07, 6.45) is 5.83. The van der Waals surface area contributed by atoms with Crippen LogP contribution < -0.4 is 5.32 Å². The van der Waals surface area contributed by atoms with Crippen molar-refractivity contribution in [2.24, 2.45) is 0 Å². The number of aryl methyl sites for hydroxylation is 1. The maximum absolute atomic E-state index is 12.8. The summed E-state index contributed by atoms with van der Waals surface area (Å²) in [5, 5.41) is 4.44. The molecule has 0 bridgehead atoms. The Labute approximate surface area is 171 Å². The first-order chi connectivity index (χ1) is 14.1. The number of nitrogens with zero attached hydrogens (tertiary/aromatic N) is 3. The topological polar surface area (TPSA) is 64.3 Å². The number of pyridine rings is 1. The Bertz CT molecular complexity index is 968. The van der Waals surface area contributed by atoms with E-state index in [-0.39, 0.29) is 12.1 Å². The first kappa shape index (κ1) is 19.5. The average molecular weight is 392 g/mol. The molecule has 1 aliphatic heterocycles. The van der Waals surface area contributed by atoms with E-state index in [1.807, 2.05) is 31.4 Å². The van der Waals surface area contributed by atoms with Crippen molar-refractivity contribution in [1.29, 1.82) is 0 Å². The quantitative estimate of drug-likeness (QED) is 0.697. The molecule has 2 aromatic heterocycles. The van der Waals surface area contributed by atoms with E-state index >= 15 is 0 Å². The summed E-state index contributed by atoms with van der Waals surface area (Å²) >= 11 is 0. The highest BCUT2D eigenvalue weighted by Crippen LogP contribution is 2.22. The first-order valence-electron chi connectivity index (χ1n) is 10.3. The van der Waals surface area contributed by atoms with Crippen molar-refractivity contribution in [2.45, 2.75) is 38.9 Å². The summed E-state index contributed by atoms with van der Waals surface area (Å²) in [7, 11) is 1.86. The Kier molecular flexibility index (Phi) is 5.81. The number of urea groups is 1. The lowest BCUT2D eigenvalue weighted by molar-refractivity contribution is 0.167. The van der Waals surface area contributed by atoms with Crippen LogP contribution in [0.2, 0.25) is 0 Å². The molecule has 2 N–H and O–H groups in total. The van der Waals surface area contributed by atoms with E-state index in [4.69, 9.17) is 0 Å². The van der Waals surface area contributed by atoms with E-state index in [2.05, 4.69) is 45.3 Å². The number of aromatic nitrogens is 2. The van der Waals surface area contributed by atoms with Crippen LogP contribution in [0.4, 0.5) is 4.79 Å². The fourth-order valence-electron chi connectivity index (χ4n) is 4.16. The number of hydrogen-bond acceptors (Lipinski definition) is 3. The van der Waals surface area contributed by atoms with Crippen molar-refractivity contribution in [3.8, 4) is 0 Å². The fraction of sp³-hybridized carbons (Fsp3) is 0.391. The lowest BCUT2D eigenvalue weighted by Crippen LogP contribution is -2.50. The molecule has 6 heteroatoms. The molecular weight excluding hydrogens is 362 g/mol. The summed E-state index contributed by atoms with van der Waals surface area (Å²) in [5.41, 5.74) is 4.63. The molecule has 0 radical (unpaired) electrons. The fourth-order valence-corrected chi connectivity index (χ4v) is 4.16. The van der Waals surface area contributed by atoms with Crippen LogP contribution in [0.25, 0.3) is 10.9 Å². The predicted molar refractivity (Wildman–Crippen MR) is 116 cm³/mol. The zero-order chi connectivity index (χ0) is 20.2. The van der Waals surface area contributed by atoms with Gasteiger partial charge in [-0.25, -0.2) is 4.79 Å². The number of H-pyrrole nitrogens is 1. The molecule has 3 heterocycles. The predicted octanol–water partition coefficient (Wildman–Crippen LogP) is 3.68. The van der Waals surface area contributed by atoms with Crippen molar-refractivity contribution < 1.29 is 4.79 Å². The lowest BCUT2D eigenvalue weighted by atomic mass is 10.1. The minimum atomic E-state index is -0.0173. The standard InChI is InChI=1S/C23H29N5O/c1-17-20-9-3-4-10-21(20)26-22(17)16-27(2)23(29)25-19-8-6-12-28(15-19)14-18-7-5-11-24-13-18/h3-5,7,9-11,13,19,26H,6,8,12,14-16H2,1-2H3,(H,25,29). The van der Waals surface area contributed by atoms with Crippen molar-refractivity contribution in [1.82, 2.24) is 25.1 Å². The van der Waals surface area contributed by atoms with E-state index in [1.165, 1.54) is 16.5 Å². The number of para-hydroxylation sites is 1. The molecule has 1 fully saturated rings. The number of carbonyl (C=O) groups excluding carboxylic acids is 1. The Morgan fingerprint density at radius 2 is 2.17 bits per heavy atom. The van der Waals surface area contributed by atoms with Gasteiger partial charge in [-0.05, 0) is 49.6 Å². The lowest BCUT2D eigenvalue weighted by Gasteiger charge is -2.34. The van der Waals surface area contributed by atoms with Crippen molar-refractivity contribution >= 4 is 16.9 Å². The third-order valence-electron chi connectivity index (χ3n) is 5.77. The molecule has 1 unspecified atom stereocenters. The Morgan fingerprint density at radius 3 is 2.97 bits per heavy atom. The van der Waals surface area contributed by atoms with E-state index in [0.29, 0.717) is 6.54 Å². The molecular formula is C23H29N5O. The Hall–Kier alpha value is -2.86. The van der Waals surface area contributed by atoms with Gasteiger partial charge in [-0.1, -0.05) is 24.3 Å². The molecule has 152 valence electrons. The molecule has 29 heavy (non-hydrogen) atoms. The van der Waals surface area contributed by atoms with Crippen molar-refractivity contribution in [2.75, 3.05) is 20.1 Å². The zero-order valence-corrected chi connectivity index (χ0v) is 17.2. The smallest absolute Gasteiger partial charge is 0.317 e. The van der Waals surface area contributed by atoms with E-state index < -0.39 is 0 Å². The van der Waals surface area contributed by atoms with Gasteiger partial charge in [0.05, 0.1) is 6.54 Å². The van der Waals surface area contributed by atoms with Gasteiger partial charge >= 0.3 is 6.03 Å². The number of fused-ring (bicyclic) bond motifs is 1. The van der Waals surface area contributed by atoms with Gasteiger partial charge in [0.25, 0.3) is 0 Å². The summed E-state index contributed by atoms with van der Waals surface area (Å²) in [4.78, 5) is 24.6. The number of carbonyl (C=O) groups is 1. The number of nitrogens with one attached hydrogen (secondary N) is 2. The Balaban J connectivity index is 1.33. The number of hydrogen-bond donors (Lipinski definition) is 2. The molecule has 1 aromatic carbocycles. The SMILES string of the molecule is Cc1c(CN(C)C(=O)NC2CCCN(Cc3cccnc3)C2)[nH]c2ccccc12. The maximum Gasteiger partial charge on any atom is 0.317 e. The minimum absolute atomic E-state index is 0.0173. The number of aromatic amines is 1. The van der Waals surface area contributed by atoms with Crippen LogP contribution in [0.1, 0.15) is 29.7 Å². The molecule has 2 amide bonds. The highest BCUT2D eigenvalue weighted by molar-refractivity contribution is 5.84. The van der Waals surface area contributed by atoms with Gasteiger partial charge in [-0.2, -0.15) is 0 Å². The van der Waals surface area contributed by atoms with E-state index in [1.54, 1.807) is 11.1 Å². The second-order valence-corrected chi connectivity index (χ2v) is 8.02.